The summed E-state index contributed by atoms with van der Waals surface area (Å²) in [5, 5.41) is 8.81. The molecule has 102 valence electrons. The predicted molar refractivity (Wildman–Crippen MR) is 73.4 cm³/mol. The summed E-state index contributed by atoms with van der Waals surface area (Å²) in [5.41, 5.74) is 0.263. The molecule has 0 aliphatic rings. The zero-order valence-electron chi connectivity index (χ0n) is 9.97. The maximum atomic E-state index is 13.2. The lowest BCUT2D eigenvalue weighted by molar-refractivity contribution is 0.595. The molecule has 0 aliphatic carbocycles. The van der Waals surface area contributed by atoms with Gasteiger partial charge >= 0.3 is 0 Å². The van der Waals surface area contributed by atoms with Gasteiger partial charge in [0, 0.05) is 0 Å². The molecule has 0 amide bonds. The molecule has 2 rings (SSSR count). The average molecular weight is 311 g/mol. The van der Waals surface area contributed by atoms with E-state index < -0.39 is 15.8 Å². The standard InChI is InChI=1S/C13H8ClFN2O2S/c14-11-6-5-10(15)7-13(11)20(18,19)17-12-4-2-1-3-9(12)8-16/h1-7,17H. The SMILES string of the molecule is N#Cc1ccccc1NS(=O)(=O)c1cc(F)ccc1Cl. The summed E-state index contributed by atoms with van der Waals surface area (Å²) in [6.07, 6.45) is 0. The Morgan fingerprint density at radius 1 is 1.20 bits per heavy atom. The Kier molecular flexibility index (Phi) is 3.93. The fourth-order valence-electron chi connectivity index (χ4n) is 1.55. The summed E-state index contributed by atoms with van der Waals surface area (Å²) in [4.78, 5) is -0.382. The molecular weight excluding hydrogens is 303 g/mol. The van der Waals surface area contributed by atoms with Crippen LogP contribution in [0.3, 0.4) is 0 Å². The number of rotatable bonds is 3. The Morgan fingerprint density at radius 3 is 2.60 bits per heavy atom. The highest BCUT2D eigenvalue weighted by molar-refractivity contribution is 7.92. The Balaban J connectivity index is 2.47. The number of halogens is 2. The third-order valence-corrected chi connectivity index (χ3v) is 4.32. The zero-order chi connectivity index (χ0) is 14.8. The summed E-state index contributed by atoms with van der Waals surface area (Å²) in [5.74, 6) is -0.719. The highest BCUT2D eigenvalue weighted by Gasteiger charge is 2.20. The maximum absolute atomic E-state index is 13.2. The van der Waals surface area contributed by atoms with Crippen LogP contribution < -0.4 is 4.72 Å². The van der Waals surface area contributed by atoms with Gasteiger partial charge in [-0.1, -0.05) is 23.7 Å². The van der Waals surface area contributed by atoms with Gasteiger partial charge in [0.25, 0.3) is 10.0 Å². The van der Waals surface area contributed by atoms with Crippen molar-refractivity contribution >= 4 is 27.3 Å². The fraction of sp³-hybridized carbons (Fsp3) is 0. The first kappa shape index (κ1) is 14.3. The van der Waals surface area contributed by atoms with Crippen LogP contribution in [-0.2, 0) is 10.0 Å². The first-order chi connectivity index (χ1) is 9.44. The van der Waals surface area contributed by atoms with Crippen LogP contribution in [-0.4, -0.2) is 8.42 Å². The van der Waals surface area contributed by atoms with Crippen LogP contribution in [0.5, 0.6) is 0 Å². The Hall–Kier alpha value is -2.10. The average Bonchev–Trinajstić information content (AvgIpc) is 2.41. The van der Waals surface area contributed by atoms with E-state index in [9.17, 15) is 12.8 Å². The van der Waals surface area contributed by atoms with Gasteiger partial charge in [0.05, 0.1) is 16.3 Å². The van der Waals surface area contributed by atoms with Gasteiger partial charge in [0.2, 0.25) is 0 Å². The second-order valence-electron chi connectivity index (χ2n) is 3.84. The number of para-hydroxylation sites is 1. The Labute approximate surface area is 120 Å². The van der Waals surface area contributed by atoms with Crippen molar-refractivity contribution in [1.82, 2.24) is 0 Å². The third kappa shape index (κ3) is 2.90. The number of anilines is 1. The summed E-state index contributed by atoms with van der Waals surface area (Å²) in [6, 6.07) is 11.0. The van der Waals surface area contributed by atoms with Crippen LogP contribution in [0.2, 0.25) is 5.02 Å². The molecule has 2 aromatic carbocycles. The summed E-state index contributed by atoms with van der Waals surface area (Å²) < 4.78 is 39.7. The van der Waals surface area contributed by atoms with Crippen molar-refractivity contribution in [3.63, 3.8) is 0 Å². The van der Waals surface area contributed by atoms with Gasteiger partial charge in [-0.25, -0.2) is 12.8 Å². The third-order valence-electron chi connectivity index (χ3n) is 2.47. The highest BCUT2D eigenvalue weighted by Crippen LogP contribution is 2.25. The van der Waals surface area contributed by atoms with E-state index in [4.69, 9.17) is 16.9 Å². The van der Waals surface area contributed by atoms with Crippen LogP contribution >= 0.6 is 11.6 Å². The van der Waals surface area contributed by atoms with Crippen LogP contribution in [0.25, 0.3) is 0 Å². The lowest BCUT2D eigenvalue weighted by Crippen LogP contribution is -2.14. The monoisotopic (exact) mass is 310 g/mol. The van der Waals surface area contributed by atoms with Gasteiger partial charge in [-0.2, -0.15) is 5.26 Å². The smallest absolute Gasteiger partial charge is 0.263 e. The molecular formula is C13H8ClFN2O2S. The summed E-state index contributed by atoms with van der Waals surface area (Å²) in [6.45, 7) is 0. The Morgan fingerprint density at radius 2 is 1.90 bits per heavy atom. The van der Waals surface area contributed by atoms with Crippen molar-refractivity contribution in [1.29, 1.82) is 5.26 Å². The van der Waals surface area contributed by atoms with Crippen molar-refractivity contribution in [2.45, 2.75) is 4.90 Å². The number of benzene rings is 2. The van der Waals surface area contributed by atoms with Gasteiger partial charge in [-0.05, 0) is 30.3 Å². The van der Waals surface area contributed by atoms with Gasteiger partial charge in [-0.15, -0.1) is 0 Å². The van der Waals surface area contributed by atoms with Crippen LogP contribution in [0.4, 0.5) is 10.1 Å². The lowest BCUT2D eigenvalue weighted by Gasteiger charge is -2.10. The largest absolute Gasteiger partial charge is 0.278 e. The molecule has 0 fully saturated rings. The number of nitrogens with zero attached hydrogens (tertiary/aromatic N) is 1. The van der Waals surface area contributed by atoms with E-state index in [-0.39, 0.29) is 21.2 Å². The number of hydrogen-bond acceptors (Lipinski definition) is 3. The predicted octanol–water partition coefficient (Wildman–Crippen LogP) is 3.15. The summed E-state index contributed by atoms with van der Waals surface area (Å²) >= 11 is 5.77. The zero-order valence-corrected chi connectivity index (χ0v) is 11.5. The molecule has 1 N–H and O–H groups in total. The van der Waals surface area contributed by atoms with Crippen molar-refractivity contribution in [3.8, 4) is 6.07 Å². The molecule has 7 heteroatoms. The minimum atomic E-state index is -4.07. The van der Waals surface area contributed by atoms with E-state index in [0.717, 1.165) is 18.2 Å². The molecule has 0 saturated heterocycles. The minimum absolute atomic E-state index is 0.103. The van der Waals surface area contributed by atoms with Gasteiger partial charge in [-0.3, -0.25) is 4.72 Å². The quantitative estimate of drug-likeness (QED) is 0.946. The van der Waals surface area contributed by atoms with Gasteiger partial charge < -0.3 is 0 Å². The molecule has 20 heavy (non-hydrogen) atoms. The molecule has 0 heterocycles. The van der Waals surface area contributed by atoms with E-state index in [2.05, 4.69) is 4.72 Å². The molecule has 0 unspecified atom stereocenters. The molecule has 0 bridgehead atoms. The number of sulfonamides is 1. The fourth-order valence-corrected chi connectivity index (χ4v) is 3.14. The molecule has 0 spiro atoms. The van der Waals surface area contributed by atoms with Gasteiger partial charge in [0.1, 0.15) is 16.8 Å². The maximum Gasteiger partial charge on any atom is 0.263 e. The van der Waals surface area contributed by atoms with Gasteiger partial charge in [0.15, 0.2) is 0 Å². The number of nitrogens with one attached hydrogen (secondary N) is 1. The first-order valence-electron chi connectivity index (χ1n) is 5.41. The van der Waals surface area contributed by atoms with E-state index >= 15 is 0 Å². The first-order valence-corrected chi connectivity index (χ1v) is 7.27. The summed E-state index contributed by atoms with van der Waals surface area (Å²) in [7, 11) is -4.07. The van der Waals surface area contributed by atoms with Crippen molar-refractivity contribution < 1.29 is 12.8 Å². The Bertz CT molecular complexity index is 800. The molecule has 0 aromatic heterocycles. The second-order valence-corrected chi connectivity index (χ2v) is 5.90. The molecule has 0 aliphatic heterocycles. The number of hydrogen-bond donors (Lipinski definition) is 1. The molecule has 0 radical (unpaired) electrons. The van der Waals surface area contributed by atoms with Crippen LogP contribution in [0, 0.1) is 17.1 Å². The second kappa shape index (κ2) is 5.49. The molecule has 2 aromatic rings. The van der Waals surface area contributed by atoms with E-state index in [1.165, 1.54) is 12.1 Å². The minimum Gasteiger partial charge on any atom is -0.278 e. The van der Waals surface area contributed by atoms with E-state index in [1.807, 2.05) is 6.07 Å². The topological polar surface area (TPSA) is 70.0 Å². The highest BCUT2D eigenvalue weighted by atomic mass is 35.5. The van der Waals surface area contributed by atoms with Crippen molar-refractivity contribution in [2.75, 3.05) is 4.72 Å². The van der Waals surface area contributed by atoms with Crippen molar-refractivity contribution in [2.24, 2.45) is 0 Å². The molecule has 4 nitrogen and oxygen atoms in total. The molecule has 0 saturated carbocycles. The van der Waals surface area contributed by atoms with E-state index in [1.54, 1.807) is 12.1 Å². The number of nitriles is 1. The lowest BCUT2D eigenvalue weighted by atomic mass is 10.2. The van der Waals surface area contributed by atoms with Crippen LogP contribution in [0.15, 0.2) is 47.4 Å². The normalized spacial score (nSPS) is 10.8. The molecule has 0 atom stereocenters. The van der Waals surface area contributed by atoms with E-state index in [0.29, 0.717) is 0 Å². The van der Waals surface area contributed by atoms with Crippen LogP contribution in [0.1, 0.15) is 5.56 Å². The van der Waals surface area contributed by atoms with Crippen molar-refractivity contribution in [3.05, 3.63) is 58.9 Å².